The lowest BCUT2D eigenvalue weighted by Gasteiger charge is -2.13. The summed E-state index contributed by atoms with van der Waals surface area (Å²) in [5.74, 6) is -1.29. The van der Waals surface area contributed by atoms with Crippen molar-refractivity contribution in [2.75, 3.05) is 5.32 Å². The van der Waals surface area contributed by atoms with Gasteiger partial charge in [0.15, 0.2) is 5.82 Å². The molecule has 0 bridgehead atoms. The Morgan fingerprint density at radius 2 is 1.86 bits per heavy atom. The number of aromatic nitrogens is 3. The molecule has 0 saturated heterocycles. The van der Waals surface area contributed by atoms with E-state index in [-0.39, 0.29) is 33.9 Å². The van der Waals surface area contributed by atoms with Crippen molar-refractivity contribution in [1.29, 1.82) is 5.26 Å². The molecule has 1 amide bonds. The average Bonchev–Trinajstić information content (AvgIpc) is 3.46. The van der Waals surface area contributed by atoms with Crippen LogP contribution in [0.3, 0.4) is 0 Å². The highest BCUT2D eigenvalue weighted by Crippen LogP contribution is 2.38. The predicted octanol–water partition coefficient (Wildman–Crippen LogP) is 5.33. The second-order valence-electron chi connectivity index (χ2n) is 8.18. The summed E-state index contributed by atoms with van der Waals surface area (Å²) < 4.78 is 46.7. The quantitative estimate of drug-likeness (QED) is 0.344. The second kappa shape index (κ2) is 8.83. The smallest absolute Gasteiger partial charge is 0.340 e. The van der Waals surface area contributed by atoms with Crippen molar-refractivity contribution in [3.05, 3.63) is 94.1 Å². The van der Waals surface area contributed by atoms with Crippen molar-refractivity contribution >= 4 is 22.5 Å². The van der Waals surface area contributed by atoms with Crippen LogP contribution >= 0.6 is 0 Å². The van der Waals surface area contributed by atoms with E-state index in [9.17, 15) is 28.0 Å². The maximum absolute atomic E-state index is 13.5. The molecule has 0 fully saturated rings. The van der Waals surface area contributed by atoms with Crippen molar-refractivity contribution < 1.29 is 22.5 Å². The summed E-state index contributed by atoms with van der Waals surface area (Å²) in [4.78, 5) is 27.0. The van der Waals surface area contributed by atoms with Gasteiger partial charge in [0.2, 0.25) is 0 Å². The lowest BCUT2D eigenvalue weighted by Crippen LogP contribution is -2.16. The molecule has 0 unspecified atom stereocenters. The standard InChI is InChI=1S/C26H16F3N5O3/c1-34-21-11-15(17-4-2-3-5-19(17)26(27,28)29)7-8-16(21)12-22(34)24(35)31-20-9-6-14(13-30)10-18(20)23-32-25(36)37-33-23/h2-12H,1H3,(H,31,35)(H,32,33,36). The van der Waals surface area contributed by atoms with Crippen LogP contribution in [0, 0.1) is 11.3 Å². The Labute approximate surface area is 206 Å². The number of H-pyrrole nitrogens is 1. The van der Waals surface area contributed by atoms with Crippen LogP contribution in [-0.4, -0.2) is 20.6 Å². The fraction of sp³-hybridized carbons (Fsp3) is 0.0769. The van der Waals surface area contributed by atoms with Crippen LogP contribution in [0.4, 0.5) is 18.9 Å². The first-order valence-electron chi connectivity index (χ1n) is 10.8. The molecule has 0 aliphatic rings. The molecule has 0 radical (unpaired) electrons. The van der Waals surface area contributed by atoms with Crippen LogP contribution < -0.4 is 11.1 Å². The molecule has 11 heteroatoms. The molecule has 37 heavy (non-hydrogen) atoms. The van der Waals surface area contributed by atoms with Gasteiger partial charge >= 0.3 is 11.9 Å². The Bertz CT molecular complexity index is 1770. The zero-order chi connectivity index (χ0) is 26.3. The molecule has 5 rings (SSSR count). The summed E-state index contributed by atoms with van der Waals surface area (Å²) in [5.41, 5.74) is 1.24. The van der Waals surface area contributed by atoms with Gasteiger partial charge < -0.3 is 9.88 Å². The van der Waals surface area contributed by atoms with Gasteiger partial charge in [0.05, 0.1) is 22.9 Å². The number of nitriles is 1. The lowest BCUT2D eigenvalue weighted by molar-refractivity contribution is -0.137. The van der Waals surface area contributed by atoms with Crippen LogP contribution in [0.15, 0.2) is 76.0 Å². The third-order valence-corrected chi connectivity index (χ3v) is 5.91. The molecule has 0 atom stereocenters. The number of carbonyl (C=O) groups excluding carboxylic acids is 1. The van der Waals surface area contributed by atoms with Gasteiger partial charge in [-0.3, -0.25) is 14.3 Å². The number of nitrogens with zero attached hydrogens (tertiary/aromatic N) is 3. The summed E-state index contributed by atoms with van der Waals surface area (Å²) in [6.07, 6.45) is -4.52. The van der Waals surface area contributed by atoms with Gasteiger partial charge in [-0.25, -0.2) is 4.79 Å². The maximum Gasteiger partial charge on any atom is 0.439 e. The normalized spacial score (nSPS) is 11.4. The highest BCUT2D eigenvalue weighted by molar-refractivity contribution is 6.08. The Morgan fingerprint density at radius 1 is 1.08 bits per heavy atom. The molecule has 2 N–H and O–H groups in total. The molecule has 0 saturated carbocycles. The molecule has 2 heterocycles. The average molecular weight is 503 g/mol. The molecule has 8 nitrogen and oxygen atoms in total. The molecular weight excluding hydrogens is 487 g/mol. The van der Waals surface area contributed by atoms with Gasteiger partial charge in [0.25, 0.3) is 5.91 Å². The number of anilines is 1. The fourth-order valence-corrected chi connectivity index (χ4v) is 4.15. The monoisotopic (exact) mass is 503 g/mol. The van der Waals surface area contributed by atoms with Gasteiger partial charge in [-0.1, -0.05) is 35.5 Å². The van der Waals surface area contributed by atoms with Crippen LogP contribution in [-0.2, 0) is 13.2 Å². The summed E-state index contributed by atoms with van der Waals surface area (Å²) in [7, 11) is 1.63. The summed E-state index contributed by atoms with van der Waals surface area (Å²) in [6.45, 7) is 0. The molecule has 3 aromatic carbocycles. The molecule has 5 aromatic rings. The number of amides is 1. The number of aryl methyl sites for hydroxylation is 1. The Kier molecular flexibility index (Phi) is 5.64. The van der Waals surface area contributed by atoms with Crippen molar-refractivity contribution in [2.24, 2.45) is 7.05 Å². The predicted molar refractivity (Wildman–Crippen MR) is 129 cm³/mol. The van der Waals surface area contributed by atoms with E-state index in [4.69, 9.17) is 0 Å². The van der Waals surface area contributed by atoms with Gasteiger partial charge in [-0.05, 0) is 47.5 Å². The van der Waals surface area contributed by atoms with Crippen LogP contribution in [0.5, 0.6) is 0 Å². The number of nitrogens with one attached hydrogen (secondary N) is 2. The number of hydrogen-bond acceptors (Lipinski definition) is 5. The molecular formula is C26H16F3N5O3. The van der Waals surface area contributed by atoms with Gasteiger partial charge in [0, 0.05) is 23.5 Å². The van der Waals surface area contributed by atoms with Crippen LogP contribution in [0.25, 0.3) is 33.4 Å². The highest BCUT2D eigenvalue weighted by atomic mass is 19.4. The molecule has 0 aliphatic heterocycles. The first-order valence-corrected chi connectivity index (χ1v) is 10.8. The topological polar surface area (TPSA) is 117 Å². The summed E-state index contributed by atoms with van der Waals surface area (Å²) in [5, 5.41) is 16.3. The Morgan fingerprint density at radius 3 is 2.57 bits per heavy atom. The van der Waals surface area contributed by atoms with E-state index < -0.39 is 23.4 Å². The van der Waals surface area contributed by atoms with Crippen LogP contribution in [0.2, 0.25) is 0 Å². The van der Waals surface area contributed by atoms with Gasteiger partial charge in [-0.15, -0.1) is 0 Å². The number of carbonyl (C=O) groups is 1. The first kappa shape index (κ1) is 23.6. The third-order valence-electron chi connectivity index (χ3n) is 5.91. The Balaban J connectivity index is 1.53. The first-order chi connectivity index (χ1) is 17.7. The minimum absolute atomic E-state index is 0.0300. The summed E-state index contributed by atoms with van der Waals surface area (Å²) >= 11 is 0. The zero-order valence-electron chi connectivity index (χ0n) is 19.1. The number of alkyl halides is 3. The van der Waals surface area contributed by atoms with Crippen molar-refractivity contribution in [2.45, 2.75) is 6.18 Å². The minimum Gasteiger partial charge on any atom is -0.340 e. The number of hydrogen-bond donors (Lipinski definition) is 2. The van der Waals surface area contributed by atoms with E-state index in [1.165, 1.54) is 36.4 Å². The maximum atomic E-state index is 13.5. The van der Waals surface area contributed by atoms with E-state index in [1.54, 1.807) is 35.9 Å². The van der Waals surface area contributed by atoms with Gasteiger partial charge in [-0.2, -0.15) is 18.4 Å². The lowest BCUT2D eigenvalue weighted by atomic mass is 9.98. The second-order valence-corrected chi connectivity index (χ2v) is 8.18. The number of benzene rings is 3. The molecule has 0 spiro atoms. The third kappa shape index (κ3) is 4.36. The highest BCUT2D eigenvalue weighted by Gasteiger charge is 2.33. The van der Waals surface area contributed by atoms with Crippen LogP contribution in [0.1, 0.15) is 21.6 Å². The SMILES string of the molecule is Cn1c(C(=O)Nc2ccc(C#N)cc2-c2noc(=O)[nH]2)cc2ccc(-c3ccccc3C(F)(F)F)cc21. The number of fused-ring (bicyclic) bond motifs is 1. The van der Waals surface area contributed by atoms with E-state index in [2.05, 4.69) is 20.0 Å². The number of halogens is 3. The minimum atomic E-state index is -4.52. The van der Waals surface area contributed by atoms with Crippen molar-refractivity contribution in [3.63, 3.8) is 0 Å². The summed E-state index contributed by atoms with van der Waals surface area (Å²) in [6, 6.07) is 18.2. The van der Waals surface area contributed by atoms with Crippen molar-refractivity contribution in [3.8, 4) is 28.6 Å². The Hall–Kier alpha value is -5.11. The number of aromatic amines is 1. The van der Waals surface area contributed by atoms with E-state index in [1.807, 2.05) is 6.07 Å². The largest absolute Gasteiger partial charge is 0.439 e. The van der Waals surface area contributed by atoms with Gasteiger partial charge in [0.1, 0.15) is 5.69 Å². The zero-order valence-corrected chi connectivity index (χ0v) is 19.1. The van der Waals surface area contributed by atoms with E-state index in [0.717, 1.165) is 6.07 Å². The number of rotatable bonds is 4. The fourth-order valence-electron chi connectivity index (χ4n) is 4.15. The molecule has 184 valence electrons. The van der Waals surface area contributed by atoms with E-state index in [0.29, 0.717) is 16.5 Å². The van der Waals surface area contributed by atoms with Crippen molar-refractivity contribution in [1.82, 2.24) is 14.7 Å². The molecule has 2 aromatic heterocycles. The van der Waals surface area contributed by atoms with E-state index >= 15 is 0 Å². The molecule has 0 aliphatic carbocycles.